The molecule has 4 nitrogen and oxygen atoms in total. The van der Waals surface area contributed by atoms with Crippen LogP contribution in [0, 0.1) is 0 Å². The summed E-state index contributed by atoms with van der Waals surface area (Å²) in [5.41, 5.74) is 1.66. The first kappa shape index (κ1) is 18.1. The van der Waals surface area contributed by atoms with Gasteiger partial charge in [-0.05, 0) is 55.3 Å². The summed E-state index contributed by atoms with van der Waals surface area (Å²) in [4.78, 5) is 4.44. The standard InChI is InChI=1S/C19H22ClNO3/c1-5-13(2)24-19-17(20)10-14(11-18(19)23-4)12-21-15-6-8-16(22-3)9-7-15/h6-13H,5H2,1-4H3/t13-/m1/s1. The summed E-state index contributed by atoms with van der Waals surface area (Å²) < 4.78 is 16.4. The Morgan fingerprint density at radius 1 is 1.12 bits per heavy atom. The van der Waals surface area contributed by atoms with E-state index in [1.165, 1.54) is 0 Å². The fourth-order valence-corrected chi connectivity index (χ4v) is 2.29. The van der Waals surface area contributed by atoms with Gasteiger partial charge >= 0.3 is 0 Å². The van der Waals surface area contributed by atoms with Crippen molar-refractivity contribution in [2.45, 2.75) is 26.4 Å². The first-order valence-electron chi connectivity index (χ1n) is 7.79. The van der Waals surface area contributed by atoms with E-state index in [2.05, 4.69) is 11.9 Å². The summed E-state index contributed by atoms with van der Waals surface area (Å²) in [7, 11) is 3.23. The van der Waals surface area contributed by atoms with E-state index in [0.29, 0.717) is 16.5 Å². The molecule has 0 unspecified atom stereocenters. The van der Waals surface area contributed by atoms with Gasteiger partial charge in [0.05, 0.1) is 31.0 Å². The Morgan fingerprint density at radius 2 is 1.83 bits per heavy atom. The Hall–Kier alpha value is -2.20. The molecule has 2 aromatic rings. The Labute approximate surface area is 148 Å². The highest BCUT2D eigenvalue weighted by atomic mass is 35.5. The van der Waals surface area contributed by atoms with Gasteiger partial charge in [0.1, 0.15) is 5.75 Å². The van der Waals surface area contributed by atoms with Gasteiger partial charge in [-0.1, -0.05) is 18.5 Å². The molecule has 0 saturated carbocycles. The number of rotatable bonds is 7. The molecule has 2 aromatic carbocycles. The van der Waals surface area contributed by atoms with E-state index in [-0.39, 0.29) is 6.10 Å². The molecule has 0 radical (unpaired) electrons. The summed E-state index contributed by atoms with van der Waals surface area (Å²) in [6.45, 7) is 4.05. The maximum Gasteiger partial charge on any atom is 0.180 e. The zero-order valence-electron chi connectivity index (χ0n) is 14.4. The first-order chi connectivity index (χ1) is 11.6. The highest BCUT2D eigenvalue weighted by Crippen LogP contribution is 2.37. The first-order valence-corrected chi connectivity index (χ1v) is 8.17. The lowest BCUT2D eigenvalue weighted by molar-refractivity contribution is 0.208. The lowest BCUT2D eigenvalue weighted by Crippen LogP contribution is -2.11. The van der Waals surface area contributed by atoms with Crippen LogP contribution in [0.4, 0.5) is 5.69 Å². The normalized spacial score (nSPS) is 12.2. The zero-order valence-corrected chi connectivity index (χ0v) is 15.1. The van der Waals surface area contributed by atoms with Gasteiger partial charge < -0.3 is 14.2 Å². The molecule has 0 N–H and O–H groups in total. The van der Waals surface area contributed by atoms with Crippen molar-refractivity contribution in [1.82, 2.24) is 0 Å². The Morgan fingerprint density at radius 3 is 2.42 bits per heavy atom. The zero-order chi connectivity index (χ0) is 17.5. The second kappa shape index (κ2) is 8.60. The van der Waals surface area contributed by atoms with Crippen LogP contribution in [0.15, 0.2) is 41.4 Å². The SMILES string of the molecule is CC[C@@H](C)Oc1c(Cl)cc(C=Nc2ccc(OC)cc2)cc1OC. The van der Waals surface area contributed by atoms with Crippen LogP contribution in [0.1, 0.15) is 25.8 Å². The predicted molar refractivity (Wildman–Crippen MR) is 98.6 cm³/mol. The molecular formula is C19H22ClNO3. The van der Waals surface area contributed by atoms with Gasteiger partial charge in [-0.25, -0.2) is 0 Å². The van der Waals surface area contributed by atoms with Crippen LogP contribution in [0.5, 0.6) is 17.2 Å². The summed E-state index contributed by atoms with van der Waals surface area (Å²) in [5, 5.41) is 0.505. The van der Waals surface area contributed by atoms with Crippen molar-refractivity contribution < 1.29 is 14.2 Å². The molecule has 5 heteroatoms. The molecule has 0 bridgehead atoms. The molecule has 0 saturated heterocycles. The number of hydrogen-bond donors (Lipinski definition) is 0. The van der Waals surface area contributed by atoms with E-state index >= 15 is 0 Å². The molecule has 1 atom stereocenters. The molecule has 0 spiro atoms. The Kier molecular flexibility index (Phi) is 6.50. The molecule has 0 heterocycles. The van der Waals surface area contributed by atoms with Crippen LogP contribution in [0.2, 0.25) is 5.02 Å². The van der Waals surface area contributed by atoms with Gasteiger partial charge in [0.15, 0.2) is 11.5 Å². The fraction of sp³-hybridized carbons (Fsp3) is 0.316. The van der Waals surface area contributed by atoms with Crippen LogP contribution in [0.25, 0.3) is 0 Å². The molecule has 128 valence electrons. The summed E-state index contributed by atoms with van der Waals surface area (Å²) >= 11 is 6.35. The minimum absolute atomic E-state index is 0.0650. The summed E-state index contributed by atoms with van der Waals surface area (Å²) in [6, 6.07) is 11.2. The van der Waals surface area contributed by atoms with Crippen LogP contribution in [0.3, 0.4) is 0 Å². The van der Waals surface area contributed by atoms with Gasteiger partial charge in [0, 0.05) is 6.21 Å². The third-order valence-electron chi connectivity index (χ3n) is 3.58. The molecule has 0 fully saturated rings. The maximum atomic E-state index is 6.35. The molecule has 0 aliphatic carbocycles. The van der Waals surface area contributed by atoms with Crippen molar-refractivity contribution in [2.75, 3.05) is 14.2 Å². The van der Waals surface area contributed by atoms with E-state index in [4.69, 9.17) is 25.8 Å². The molecule has 0 amide bonds. The Balaban J connectivity index is 2.24. The fourth-order valence-electron chi connectivity index (χ4n) is 2.03. The van der Waals surface area contributed by atoms with Crippen molar-refractivity contribution >= 4 is 23.5 Å². The van der Waals surface area contributed by atoms with Gasteiger partial charge in [0.2, 0.25) is 0 Å². The van der Waals surface area contributed by atoms with E-state index in [9.17, 15) is 0 Å². The number of methoxy groups -OCH3 is 2. The van der Waals surface area contributed by atoms with Crippen LogP contribution < -0.4 is 14.2 Å². The maximum absolute atomic E-state index is 6.35. The molecular weight excluding hydrogens is 326 g/mol. The van der Waals surface area contributed by atoms with E-state index in [0.717, 1.165) is 23.4 Å². The highest BCUT2D eigenvalue weighted by molar-refractivity contribution is 6.32. The smallest absolute Gasteiger partial charge is 0.180 e. The van der Waals surface area contributed by atoms with Crippen molar-refractivity contribution in [3.63, 3.8) is 0 Å². The number of hydrogen-bond acceptors (Lipinski definition) is 4. The van der Waals surface area contributed by atoms with Crippen molar-refractivity contribution in [1.29, 1.82) is 0 Å². The minimum atomic E-state index is 0.0650. The summed E-state index contributed by atoms with van der Waals surface area (Å²) in [6.07, 6.45) is 2.69. The van der Waals surface area contributed by atoms with Crippen molar-refractivity contribution in [3.05, 3.63) is 47.0 Å². The van der Waals surface area contributed by atoms with E-state index in [1.54, 1.807) is 20.4 Å². The number of halogens is 1. The molecule has 0 aliphatic heterocycles. The molecule has 0 aliphatic rings. The van der Waals surface area contributed by atoms with Gasteiger partial charge in [0.25, 0.3) is 0 Å². The monoisotopic (exact) mass is 347 g/mol. The van der Waals surface area contributed by atoms with Gasteiger partial charge in [-0.2, -0.15) is 0 Å². The van der Waals surface area contributed by atoms with Crippen LogP contribution in [-0.4, -0.2) is 26.5 Å². The second-order valence-corrected chi connectivity index (χ2v) is 5.73. The number of benzene rings is 2. The largest absolute Gasteiger partial charge is 0.497 e. The number of nitrogens with zero attached hydrogens (tertiary/aromatic N) is 1. The topological polar surface area (TPSA) is 40.0 Å². The third kappa shape index (κ3) is 4.65. The Bertz CT molecular complexity index is 699. The summed E-state index contributed by atoms with van der Waals surface area (Å²) in [5.74, 6) is 1.96. The number of aliphatic imine (C=N–C) groups is 1. The molecule has 0 aromatic heterocycles. The third-order valence-corrected chi connectivity index (χ3v) is 3.86. The van der Waals surface area contributed by atoms with E-state index < -0.39 is 0 Å². The average molecular weight is 348 g/mol. The molecule has 2 rings (SSSR count). The van der Waals surface area contributed by atoms with Gasteiger partial charge in [-0.15, -0.1) is 0 Å². The quantitative estimate of drug-likeness (QED) is 0.639. The predicted octanol–water partition coefficient (Wildman–Crippen LogP) is 5.29. The lowest BCUT2D eigenvalue weighted by Gasteiger charge is -2.17. The van der Waals surface area contributed by atoms with Gasteiger partial charge in [-0.3, -0.25) is 4.99 Å². The van der Waals surface area contributed by atoms with Crippen LogP contribution in [-0.2, 0) is 0 Å². The van der Waals surface area contributed by atoms with E-state index in [1.807, 2.05) is 43.3 Å². The highest BCUT2D eigenvalue weighted by Gasteiger charge is 2.13. The minimum Gasteiger partial charge on any atom is -0.497 e. The van der Waals surface area contributed by atoms with Crippen molar-refractivity contribution in [3.8, 4) is 17.2 Å². The number of ether oxygens (including phenoxy) is 3. The van der Waals surface area contributed by atoms with Crippen molar-refractivity contribution in [2.24, 2.45) is 4.99 Å². The molecule has 24 heavy (non-hydrogen) atoms. The average Bonchev–Trinajstić information content (AvgIpc) is 2.61. The lowest BCUT2D eigenvalue weighted by atomic mass is 10.2. The van der Waals surface area contributed by atoms with Crippen LogP contribution >= 0.6 is 11.6 Å². The second-order valence-electron chi connectivity index (χ2n) is 5.33.